The number of esters is 1. The van der Waals surface area contributed by atoms with Crippen LogP contribution >= 0.6 is 22.7 Å². The minimum Gasteiger partial charge on any atom is -0.462 e. The van der Waals surface area contributed by atoms with Crippen molar-refractivity contribution in [1.82, 2.24) is 14.5 Å². The van der Waals surface area contributed by atoms with Gasteiger partial charge in [-0.3, -0.25) is 19.5 Å². The molecule has 3 aromatic rings. The maximum Gasteiger partial charge on any atom is 0.350 e. The first-order valence-corrected chi connectivity index (χ1v) is 9.95. The number of aromatic nitrogens is 3. The van der Waals surface area contributed by atoms with Crippen LogP contribution in [0.3, 0.4) is 0 Å². The van der Waals surface area contributed by atoms with Crippen molar-refractivity contribution in [3.8, 4) is 0 Å². The van der Waals surface area contributed by atoms with Crippen molar-refractivity contribution in [3.05, 3.63) is 37.7 Å². The number of nitrogens with zero attached hydrogens (tertiary/aromatic N) is 3. The van der Waals surface area contributed by atoms with Crippen molar-refractivity contribution >= 4 is 49.9 Å². The van der Waals surface area contributed by atoms with E-state index in [2.05, 4.69) is 15.3 Å². The van der Waals surface area contributed by atoms with Crippen LogP contribution in [0.25, 0.3) is 10.2 Å². The normalized spacial score (nSPS) is 11.0. The van der Waals surface area contributed by atoms with Crippen molar-refractivity contribution in [3.63, 3.8) is 0 Å². The van der Waals surface area contributed by atoms with Gasteiger partial charge in [-0.25, -0.2) is 14.8 Å². The fourth-order valence-electron chi connectivity index (χ4n) is 2.59. The number of hydrogen-bond donors (Lipinski definition) is 1. The molecule has 8 nitrogen and oxygen atoms in total. The van der Waals surface area contributed by atoms with Crippen LogP contribution in [0.4, 0.5) is 5.13 Å². The minimum atomic E-state index is -0.463. The van der Waals surface area contributed by atoms with Gasteiger partial charge >= 0.3 is 5.97 Å². The van der Waals surface area contributed by atoms with Gasteiger partial charge in [0, 0.05) is 6.54 Å². The molecule has 0 aromatic carbocycles. The molecule has 0 aliphatic heterocycles. The largest absolute Gasteiger partial charge is 0.462 e. The predicted octanol–water partition coefficient (Wildman–Crippen LogP) is 2.98. The standard InChI is InChI=1S/C17H18N4O4S2/c1-5-21-7-18-14-10(15(21)23)8(3)11(26-14)13(22)20-17-19-9(4)12(27-17)16(24)25-6-2/h7H,5-6H2,1-4H3,(H,19,20,22). The molecule has 0 bridgehead atoms. The highest BCUT2D eigenvalue weighted by atomic mass is 32.1. The van der Waals surface area contributed by atoms with Gasteiger partial charge in [0.05, 0.1) is 28.9 Å². The predicted molar refractivity (Wildman–Crippen MR) is 105 cm³/mol. The zero-order chi connectivity index (χ0) is 19.7. The summed E-state index contributed by atoms with van der Waals surface area (Å²) in [6, 6.07) is 0. The van der Waals surface area contributed by atoms with E-state index in [0.29, 0.717) is 42.9 Å². The second-order valence-corrected chi connectivity index (χ2v) is 7.68. The molecular weight excluding hydrogens is 388 g/mol. The lowest BCUT2D eigenvalue weighted by atomic mass is 10.2. The maximum absolute atomic E-state index is 12.7. The van der Waals surface area contributed by atoms with Gasteiger partial charge in [-0.1, -0.05) is 11.3 Å². The average Bonchev–Trinajstić information content (AvgIpc) is 3.16. The molecule has 0 atom stereocenters. The number of anilines is 1. The van der Waals surface area contributed by atoms with E-state index in [1.54, 1.807) is 20.8 Å². The van der Waals surface area contributed by atoms with Crippen molar-refractivity contribution < 1.29 is 14.3 Å². The fraction of sp³-hybridized carbons (Fsp3) is 0.353. The zero-order valence-corrected chi connectivity index (χ0v) is 16.9. The van der Waals surface area contributed by atoms with Crippen molar-refractivity contribution in [1.29, 1.82) is 0 Å². The Labute approximate surface area is 162 Å². The van der Waals surface area contributed by atoms with E-state index < -0.39 is 5.97 Å². The molecule has 0 fully saturated rings. The molecule has 3 aromatic heterocycles. The molecule has 0 saturated carbocycles. The SMILES string of the molecule is CCOC(=O)c1sc(NC(=O)c2sc3ncn(CC)c(=O)c3c2C)nc1C. The van der Waals surface area contributed by atoms with Gasteiger partial charge in [0.15, 0.2) is 5.13 Å². The molecule has 0 unspecified atom stereocenters. The number of hydrogen-bond acceptors (Lipinski definition) is 8. The van der Waals surface area contributed by atoms with Gasteiger partial charge in [-0.05, 0) is 33.3 Å². The summed E-state index contributed by atoms with van der Waals surface area (Å²) in [5.41, 5.74) is 0.922. The lowest BCUT2D eigenvalue weighted by Crippen LogP contribution is -2.19. The number of amides is 1. The molecule has 0 aliphatic rings. The highest BCUT2D eigenvalue weighted by molar-refractivity contribution is 7.21. The van der Waals surface area contributed by atoms with Gasteiger partial charge in [0.25, 0.3) is 11.5 Å². The zero-order valence-electron chi connectivity index (χ0n) is 15.3. The number of fused-ring (bicyclic) bond motifs is 1. The quantitative estimate of drug-likeness (QED) is 0.654. The third kappa shape index (κ3) is 3.50. The van der Waals surface area contributed by atoms with E-state index in [1.165, 1.54) is 10.9 Å². The maximum atomic E-state index is 12.7. The van der Waals surface area contributed by atoms with Crippen LogP contribution in [0.15, 0.2) is 11.1 Å². The minimum absolute atomic E-state index is 0.162. The molecule has 0 radical (unpaired) electrons. The van der Waals surface area contributed by atoms with Gasteiger partial charge in [0.2, 0.25) is 0 Å². The van der Waals surface area contributed by atoms with Crippen molar-refractivity contribution in [2.24, 2.45) is 0 Å². The van der Waals surface area contributed by atoms with Crippen LogP contribution in [0.2, 0.25) is 0 Å². The summed E-state index contributed by atoms with van der Waals surface area (Å²) in [4.78, 5) is 46.9. The summed E-state index contributed by atoms with van der Waals surface area (Å²) in [5, 5.41) is 3.46. The Balaban J connectivity index is 1.92. The van der Waals surface area contributed by atoms with Crippen molar-refractivity contribution in [2.45, 2.75) is 34.2 Å². The first-order valence-electron chi connectivity index (χ1n) is 8.31. The second kappa shape index (κ2) is 7.57. The summed E-state index contributed by atoms with van der Waals surface area (Å²) in [6.07, 6.45) is 1.48. The molecule has 0 saturated heterocycles. The summed E-state index contributed by atoms with van der Waals surface area (Å²) >= 11 is 2.22. The smallest absolute Gasteiger partial charge is 0.350 e. The average molecular weight is 406 g/mol. The number of carbonyl (C=O) groups is 2. The van der Waals surface area contributed by atoms with Crippen LogP contribution in [0, 0.1) is 13.8 Å². The second-order valence-electron chi connectivity index (χ2n) is 5.68. The Morgan fingerprint density at radius 2 is 1.96 bits per heavy atom. The molecule has 3 heterocycles. The molecule has 0 spiro atoms. The topological polar surface area (TPSA) is 103 Å². The van der Waals surface area contributed by atoms with E-state index in [0.717, 1.165) is 22.7 Å². The molecule has 10 heteroatoms. The lowest BCUT2D eigenvalue weighted by molar-refractivity contribution is 0.0531. The van der Waals surface area contributed by atoms with Crippen LogP contribution in [0.5, 0.6) is 0 Å². The van der Waals surface area contributed by atoms with E-state index in [4.69, 9.17) is 4.74 Å². The number of carbonyl (C=O) groups excluding carboxylic acids is 2. The van der Waals surface area contributed by atoms with Gasteiger partial charge in [-0.15, -0.1) is 11.3 Å². The van der Waals surface area contributed by atoms with Crippen LogP contribution in [0.1, 0.15) is 44.4 Å². The first kappa shape index (κ1) is 19.2. The highest BCUT2D eigenvalue weighted by Gasteiger charge is 2.22. The number of rotatable bonds is 5. The Kier molecular flexibility index (Phi) is 5.38. The summed E-state index contributed by atoms with van der Waals surface area (Å²) in [5.74, 6) is -0.850. The van der Waals surface area contributed by atoms with Crippen LogP contribution < -0.4 is 10.9 Å². The highest BCUT2D eigenvalue weighted by Crippen LogP contribution is 2.29. The van der Waals surface area contributed by atoms with Gasteiger partial charge in [0.1, 0.15) is 9.71 Å². The molecular formula is C17H18N4O4S2. The molecule has 0 aliphatic carbocycles. The van der Waals surface area contributed by atoms with Gasteiger partial charge < -0.3 is 4.74 Å². The molecule has 1 amide bonds. The lowest BCUT2D eigenvalue weighted by Gasteiger charge is -2.01. The van der Waals surface area contributed by atoms with E-state index >= 15 is 0 Å². The Morgan fingerprint density at radius 1 is 1.22 bits per heavy atom. The fourth-order valence-corrected chi connectivity index (χ4v) is 4.48. The van der Waals surface area contributed by atoms with Crippen LogP contribution in [-0.2, 0) is 11.3 Å². The molecule has 142 valence electrons. The van der Waals surface area contributed by atoms with Gasteiger partial charge in [-0.2, -0.15) is 0 Å². The first-order chi connectivity index (χ1) is 12.9. The number of thiazole rings is 1. The van der Waals surface area contributed by atoms with E-state index in [-0.39, 0.29) is 18.1 Å². The number of ether oxygens (including phenoxy) is 1. The van der Waals surface area contributed by atoms with E-state index in [9.17, 15) is 14.4 Å². The monoisotopic (exact) mass is 406 g/mol. The molecule has 1 N–H and O–H groups in total. The van der Waals surface area contributed by atoms with E-state index in [1.807, 2.05) is 6.92 Å². The third-order valence-electron chi connectivity index (χ3n) is 3.94. The number of thiophene rings is 1. The Hall–Kier alpha value is -2.59. The summed E-state index contributed by atoms with van der Waals surface area (Å²) in [7, 11) is 0. The Bertz CT molecular complexity index is 1100. The molecule has 3 rings (SSSR count). The summed E-state index contributed by atoms with van der Waals surface area (Å²) in [6.45, 7) is 7.76. The van der Waals surface area contributed by atoms with Crippen molar-refractivity contribution in [2.75, 3.05) is 11.9 Å². The third-order valence-corrected chi connectivity index (χ3v) is 6.19. The van der Waals surface area contributed by atoms with Crippen LogP contribution in [-0.4, -0.2) is 33.0 Å². The molecule has 27 heavy (non-hydrogen) atoms. The number of nitrogens with one attached hydrogen (secondary N) is 1. The Morgan fingerprint density at radius 3 is 2.63 bits per heavy atom. The number of aryl methyl sites for hydroxylation is 3. The summed E-state index contributed by atoms with van der Waals surface area (Å²) < 4.78 is 6.48.